The third kappa shape index (κ3) is 4.96. The largest absolute Gasteiger partial charge is 0.456 e. The van der Waals surface area contributed by atoms with Crippen molar-refractivity contribution < 1.29 is 8.83 Å². The summed E-state index contributed by atoms with van der Waals surface area (Å²) in [4.78, 5) is 10.5. The molecule has 8 aromatic carbocycles. The van der Waals surface area contributed by atoms with Crippen LogP contribution >= 0.6 is 0 Å². The fourth-order valence-corrected chi connectivity index (χ4v) is 8.64. The molecule has 5 heteroatoms. The molecule has 0 unspecified atom stereocenters. The van der Waals surface area contributed by atoms with E-state index in [0.717, 1.165) is 88.8 Å². The van der Waals surface area contributed by atoms with Crippen molar-refractivity contribution in [2.24, 2.45) is 0 Å². The van der Waals surface area contributed by atoms with E-state index in [4.69, 9.17) is 18.8 Å². The van der Waals surface area contributed by atoms with Gasteiger partial charge < -0.3 is 13.4 Å². The van der Waals surface area contributed by atoms with Crippen LogP contribution in [0.4, 0.5) is 0 Å². The van der Waals surface area contributed by atoms with Crippen LogP contribution < -0.4 is 0 Å². The zero-order valence-corrected chi connectivity index (χ0v) is 30.6. The summed E-state index contributed by atoms with van der Waals surface area (Å²) in [5.41, 5.74) is 13.5. The lowest BCUT2D eigenvalue weighted by molar-refractivity contribution is 0.668. The minimum Gasteiger partial charge on any atom is -0.456 e. The number of furan rings is 2. The maximum atomic E-state index is 6.57. The second kappa shape index (κ2) is 12.4. The molecule has 0 radical (unpaired) electrons. The van der Waals surface area contributed by atoms with Gasteiger partial charge in [-0.2, -0.15) is 0 Å². The molecule has 12 rings (SSSR count). The molecule has 0 aliphatic rings. The van der Waals surface area contributed by atoms with Crippen LogP contribution in [0, 0.1) is 0 Å². The van der Waals surface area contributed by atoms with Crippen LogP contribution in [0.15, 0.2) is 197 Å². The van der Waals surface area contributed by atoms with Gasteiger partial charge in [0.1, 0.15) is 22.3 Å². The first-order chi connectivity index (χ1) is 28.2. The monoisotopic (exact) mass is 729 g/mol. The Hall–Kier alpha value is -7.76. The third-order valence-corrected chi connectivity index (χ3v) is 11.2. The summed E-state index contributed by atoms with van der Waals surface area (Å²) in [5.74, 6) is 0.626. The summed E-state index contributed by atoms with van der Waals surface area (Å²) < 4.78 is 15.3. The highest BCUT2D eigenvalue weighted by atomic mass is 16.3. The van der Waals surface area contributed by atoms with Crippen molar-refractivity contribution >= 4 is 65.7 Å². The highest BCUT2D eigenvalue weighted by Gasteiger charge is 2.20. The lowest BCUT2D eigenvalue weighted by Gasteiger charge is -2.12. The Morgan fingerprint density at radius 3 is 1.88 bits per heavy atom. The van der Waals surface area contributed by atoms with E-state index < -0.39 is 0 Å². The van der Waals surface area contributed by atoms with E-state index in [1.54, 1.807) is 0 Å². The van der Waals surface area contributed by atoms with E-state index in [1.807, 2.05) is 48.5 Å². The Morgan fingerprint density at radius 2 is 1.00 bits per heavy atom. The standard InChI is InChI=1S/C52H31N3O2/c1-3-13-32(14-4-1)43-31-44(34-25-27-39-38-18-8-10-23-46(38)57-49(39)30-34)54-52(53-43)41-21-12-24-48-50(41)42-29-33(26-28-47(42)56-48)36-19-11-20-40-37-17-7-9-22-45(37)55(51(36)40)35-15-5-2-6-16-35/h1-31H. The lowest BCUT2D eigenvalue weighted by atomic mass is 9.98. The Morgan fingerprint density at radius 1 is 0.368 bits per heavy atom. The van der Waals surface area contributed by atoms with E-state index in [2.05, 4.69) is 144 Å². The molecule has 5 nitrogen and oxygen atoms in total. The molecule has 0 atom stereocenters. The van der Waals surface area contributed by atoms with Crippen LogP contribution in [0.5, 0.6) is 0 Å². The summed E-state index contributed by atoms with van der Waals surface area (Å²) in [6.07, 6.45) is 0. The number of para-hydroxylation sites is 4. The second-order valence-corrected chi connectivity index (χ2v) is 14.5. The van der Waals surface area contributed by atoms with E-state index in [-0.39, 0.29) is 0 Å². The Balaban J connectivity index is 1.08. The van der Waals surface area contributed by atoms with Crippen LogP contribution in [0.25, 0.3) is 116 Å². The number of aromatic nitrogens is 3. The molecule has 57 heavy (non-hydrogen) atoms. The van der Waals surface area contributed by atoms with Crippen LogP contribution in [-0.4, -0.2) is 14.5 Å². The summed E-state index contributed by atoms with van der Waals surface area (Å²) in [7, 11) is 0. The third-order valence-electron chi connectivity index (χ3n) is 11.2. The van der Waals surface area contributed by atoms with Crippen molar-refractivity contribution in [2.75, 3.05) is 0 Å². The van der Waals surface area contributed by atoms with Crippen molar-refractivity contribution in [1.82, 2.24) is 14.5 Å². The zero-order chi connectivity index (χ0) is 37.5. The number of hydrogen-bond acceptors (Lipinski definition) is 4. The molecule has 4 aromatic heterocycles. The Bertz CT molecular complexity index is 3520. The molecule has 0 aliphatic carbocycles. The number of nitrogens with zero attached hydrogens (tertiary/aromatic N) is 3. The number of rotatable bonds is 5. The molecule has 0 fully saturated rings. The predicted molar refractivity (Wildman–Crippen MR) is 233 cm³/mol. The molecule has 4 heterocycles. The highest BCUT2D eigenvalue weighted by molar-refractivity contribution is 6.16. The van der Waals surface area contributed by atoms with Crippen molar-refractivity contribution in [3.63, 3.8) is 0 Å². The average molecular weight is 730 g/mol. The van der Waals surface area contributed by atoms with Gasteiger partial charge in [0.15, 0.2) is 5.82 Å². The van der Waals surface area contributed by atoms with E-state index in [1.165, 1.54) is 21.8 Å². The normalized spacial score (nSPS) is 11.9. The molecular formula is C52H31N3O2. The first kappa shape index (κ1) is 31.6. The van der Waals surface area contributed by atoms with Crippen LogP contribution in [0.3, 0.4) is 0 Å². The SMILES string of the molecule is c1ccc(-c2cc(-c3ccc4c(c3)oc3ccccc34)nc(-c3cccc4oc5ccc(-c6cccc7c8ccccc8n(-c8ccccc8)c67)cc5c34)n2)cc1. The van der Waals surface area contributed by atoms with Crippen molar-refractivity contribution in [2.45, 2.75) is 0 Å². The maximum absolute atomic E-state index is 6.57. The van der Waals surface area contributed by atoms with Gasteiger partial charge in [-0.05, 0) is 66.2 Å². The van der Waals surface area contributed by atoms with Gasteiger partial charge in [-0.3, -0.25) is 0 Å². The summed E-state index contributed by atoms with van der Waals surface area (Å²) in [6.45, 7) is 0. The Kier molecular flexibility index (Phi) is 6.86. The summed E-state index contributed by atoms with van der Waals surface area (Å²) in [6, 6.07) is 65.4. The number of hydrogen-bond donors (Lipinski definition) is 0. The van der Waals surface area contributed by atoms with Gasteiger partial charge >= 0.3 is 0 Å². The summed E-state index contributed by atoms with van der Waals surface area (Å²) >= 11 is 0. The van der Waals surface area contributed by atoms with Crippen LogP contribution in [0.1, 0.15) is 0 Å². The molecule has 0 amide bonds. The molecular weight excluding hydrogens is 699 g/mol. The molecule has 0 spiro atoms. The fourth-order valence-electron chi connectivity index (χ4n) is 8.64. The average Bonchev–Trinajstić information content (AvgIpc) is 3.96. The van der Waals surface area contributed by atoms with Crippen molar-refractivity contribution in [1.29, 1.82) is 0 Å². The lowest BCUT2D eigenvalue weighted by Crippen LogP contribution is -1.96. The zero-order valence-electron chi connectivity index (χ0n) is 30.6. The predicted octanol–water partition coefficient (Wildman–Crippen LogP) is 14.0. The minimum atomic E-state index is 0.626. The number of fused-ring (bicyclic) bond motifs is 9. The summed E-state index contributed by atoms with van der Waals surface area (Å²) in [5, 5.41) is 6.61. The van der Waals surface area contributed by atoms with Gasteiger partial charge in [-0.25, -0.2) is 9.97 Å². The first-order valence-electron chi connectivity index (χ1n) is 19.1. The first-order valence-corrected chi connectivity index (χ1v) is 19.1. The van der Waals surface area contributed by atoms with Gasteiger partial charge in [-0.15, -0.1) is 0 Å². The molecule has 266 valence electrons. The van der Waals surface area contributed by atoms with Crippen molar-refractivity contribution in [3.8, 4) is 50.7 Å². The molecule has 0 saturated carbocycles. The van der Waals surface area contributed by atoms with Gasteiger partial charge in [0.25, 0.3) is 0 Å². The molecule has 0 aliphatic heterocycles. The molecule has 0 saturated heterocycles. The van der Waals surface area contributed by atoms with Crippen LogP contribution in [-0.2, 0) is 0 Å². The fraction of sp³-hybridized carbons (Fsp3) is 0. The Labute approximate surface area is 326 Å². The van der Waals surface area contributed by atoms with E-state index in [9.17, 15) is 0 Å². The minimum absolute atomic E-state index is 0.626. The number of benzene rings is 8. The second-order valence-electron chi connectivity index (χ2n) is 14.5. The molecule has 0 bridgehead atoms. The molecule has 12 aromatic rings. The highest BCUT2D eigenvalue weighted by Crippen LogP contribution is 2.42. The quantitative estimate of drug-likeness (QED) is 0.177. The van der Waals surface area contributed by atoms with E-state index in [0.29, 0.717) is 5.82 Å². The van der Waals surface area contributed by atoms with E-state index >= 15 is 0 Å². The van der Waals surface area contributed by atoms with Gasteiger partial charge in [0, 0.05) is 60.3 Å². The van der Waals surface area contributed by atoms with Gasteiger partial charge in [0.2, 0.25) is 0 Å². The van der Waals surface area contributed by atoms with Gasteiger partial charge in [0.05, 0.1) is 22.4 Å². The molecule has 0 N–H and O–H groups in total. The maximum Gasteiger partial charge on any atom is 0.161 e. The van der Waals surface area contributed by atoms with Crippen LogP contribution in [0.2, 0.25) is 0 Å². The van der Waals surface area contributed by atoms with Gasteiger partial charge in [-0.1, -0.05) is 127 Å². The van der Waals surface area contributed by atoms with Crippen molar-refractivity contribution in [3.05, 3.63) is 188 Å². The topological polar surface area (TPSA) is 57.0 Å². The smallest absolute Gasteiger partial charge is 0.161 e.